The van der Waals surface area contributed by atoms with Gasteiger partial charge < -0.3 is 10.5 Å². The molecule has 2 amide bonds. The molecule has 30 heavy (non-hydrogen) atoms. The van der Waals surface area contributed by atoms with Gasteiger partial charge in [0.05, 0.1) is 6.07 Å². The van der Waals surface area contributed by atoms with E-state index in [-0.39, 0.29) is 6.54 Å². The zero-order valence-electron chi connectivity index (χ0n) is 17.0. The van der Waals surface area contributed by atoms with Crippen molar-refractivity contribution in [1.29, 1.82) is 5.26 Å². The highest BCUT2D eigenvalue weighted by Crippen LogP contribution is 2.31. The van der Waals surface area contributed by atoms with Crippen molar-refractivity contribution in [2.75, 3.05) is 11.4 Å². The third-order valence-corrected chi connectivity index (χ3v) is 5.56. The highest BCUT2D eigenvalue weighted by molar-refractivity contribution is 6.07. The first-order valence-corrected chi connectivity index (χ1v) is 10.4. The molecule has 0 heterocycles. The molecule has 1 unspecified atom stereocenters. The third-order valence-electron chi connectivity index (χ3n) is 5.56. The number of benzene rings is 2. The Morgan fingerprint density at radius 1 is 1.03 bits per heavy atom. The number of nitrogens with zero attached hydrogens (tertiary/aromatic N) is 2. The van der Waals surface area contributed by atoms with Crippen molar-refractivity contribution < 1.29 is 14.3 Å². The van der Waals surface area contributed by atoms with Crippen LogP contribution in [0.5, 0.6) is 11.5 Å². The lowest BCUT2D eigenvalue weighted by Crippen LogP contribution is -2.43. The summed E-state index contributed by atoms with van der Waals surface area (Å²) < 4.78 is 5.78. The largest absolute Gasteiger partial charge is 0.457 e. The van der Waals surface area contributed by atoms with Crippen molar-refractivity contribution in [2.24, 2.45) is 17.6 Å². The van der Waals surface area contributed by atoms with E-state index in [1.54, 1.807) is 24.3 Å². The fourth-order valence-electron chi connectivity index (χ4n) is 3.97. The van der Waals surface area contributed by atoms with E-state index in [9.17, 15) is 14.9 Å². The molecule has 2 aromatic rings. The molecule has 1 saturated carbocycles. The first kappa shape index (κ1) is 21.4. The zero-order valence-corrected chi connectivity index (χ0v) is 17.0. The Balaban J connectivity index is 1.74. The third kappa shape index (κ3) is 5.60. The molecule has 0 aromatic heterocycles. The summed E-state index contributed by atoms with van der Waals surface area (Å²) in [4.78, 5) is 26.6. The molecule has 0 aliphatic heterocycles. The topological polar surface area (TPSA) is 96.4 Å². The highest BCUT2D eigenvalue weighted by Gasteiger charge is 2.32. The Labute approximate surface area is 177 Å². The summed E-state index contributed by atoms with van der Waals surface area (Å²) in [6.45, 7) is -0.147. The lowest BCUT2D eigenvalue weighted by molar-refractivity contribution is -0.132. The van der Waals surface area contributed by atoms with Crippen LogP contribution in [0.1, 0.15) is 38.5 Å². The number of anilines is 1. The van der Waals surface area contributed by atoms with Crippen molar-refractivity contribution in [3.8, 4) is 17.6 Å². The zero-order chi connectivity index (χ0) is 21.3. The van der Waals surface area contributed by atoms with E-state index < -0.39 is 17.7 Å². The van der Waals surface area contributed by atoms with Gasteiger partial charge in [-0.1, -0.05) is 50.3 Å². The lowest BCUT2D eigenvalue weighted by Gasteiger charge is -2.28. The maximum atomic E-state index is 13.2. The van der Waals surface area contributed by atoms with Gasteiger partial charge in [0, 0.05) is 5.69 Å². The molecule has 1 aliphatic rings. The molecule has 1 atom stereocenters. The van der Waals surface area contributed by atoms with Gasteiger partial charge in [0.15, 0.2) is 0 Å². The van der Waals surface area contributed by atoms with Crippen LogP contribution in [0.3, 0.4) is 0 Å². The van der Waals surface area contributed by atoms with Crippen molar-refractivity contribution >= 4 is 17.5 Å². The Morgan fingerprint density at radius 2 is 1.67 bits per heavy atom. The van der Waals surface area contributed by atoms with E-state index in [2.05, 4.69) is 0 Å². The van der Waals surface area contributed by atoms with Gasteiger partial charge in [-0.3, -0.25) is 14.5 Å². The first-order chi connectivity index (χ1) is 14.6. The number of hydrogen-bond donors (Lipinski definition) is 1. The molecule has 0 spiro atoms. The van der Waals surface area contributed by atoms with Gasteiger partial charge in [0.2, 0.25) is 11.8 Å². The summed E-state index contributed by atoms with van der Waals surface area (Å²) in [6.07, 6.45) is 5.92. The number of rotatable bonds is 8. The monoisotopic (exact) mass is 405 g/mol. The number of ether oxygens (including phenoxy) is 1. The number of primary amides is 1. The van der Waals surface area contributed by atoms with Gasteiger partial charge in [-0.15, -0.1) is 0 Å². The Kier molecular flexibility index (Phi) is 7.45. The minimum Gasteiger partial charge on any atom is -0.457 e. The second kappa shape index (κ2) is 10.4. The Hall–Kier alpha value is -3.33. The molecule has 156 valence electrons. The molecule has 0 saturated heterocycles. The Morgan fingerprint density at radius 3 is 2.27 bits per heavy atom. The number of carbonyl (C=O) groups is 2. The number of nitriles is 1. The van der Waals surface area contributed by atoms with Crippen LogP contribution < -0.4 is 15.4 Å². The number of hydrogen-bond acceptors (Lipinski definition) is 4. The predicted molar refractivity (Wildman–Crippen MR) is 115 cm³/mol. The number of carbonyl (C=O) groups excluding carboxylic acids is 2. The molecule has 0 bridgehead atoms. The van der Waals surface area contributed by atoms with Gasteiger partial charge in [0.25, 0.3) is 0 Å². The van der Waals surface area contributed by atoms with Crippen molar-refractivity contribution in [3.63, 3.8) is 0 Å². The summed E-state index contributed by atoms with van der Waals surface area (Å²) in [5.74, 6) is -0.309. The number of nitrogens with two attached hydrogens (primary N) is 1. The predicted octanol–water partition coefficient (Wildman–Crippen LogP) is 4.41. The van der Waals surface area contributed by atoms with Gasteiger partial charge in [-0.05, 0) is 48.7 Å². The molecule has 6 nitrogen and oxygen atoms in total. The quantitative estimate of drug-likeness (QED) is 0.520. The lowest BCUT2D eigenvalue weighted by atomic mass is 9.82. The maximum Gasteiger partial charge on any atom is 0.240 e. The summed E-state index contributed by atoms with van der Waals surface area (Å²) in [7, 11) is 0. The summed E-state index contributed by atoms with van der Waals surface area (Å²) in [5, 5.41) is 9.25. The average molecular weight is 405 g/mol. The van der Waals surface area contributed by atoms with Crippen LogP contribution in [-0.2, 0) is 9.59 Å². The fraction of sp³-hybridized carbons (Fsp3) is 0.375. The fourth-order valence-corrected chi connectivity index (χ4v) is 3.97. The minimum absolute atomic E-state index is 0.147. The van der Waals surface area contributed by atoms with E-state index in [0.717, 1.165) is 25.7 Å². The van der Waals surface area contributed by atoms with Crippen LogP contribution in [0.15, 0.2) is 54.6 Å². The maximum absolute atomic E-state index is 13.2. The van der Waals surface area contributed by atoms with Crippen LogP contribution in [0, 0.1) is 23.2 Å². The standard InChI is InChI=1S/C24H27N3O3/c25-15-16-27(24(29)22(23(26)28)17-18-7-3-1-4-8-18)19-11-13-21(14-12-19)30-20-9-5-2-6-10-20/h2,5-6,9-14,18,22H,1,3-4,7-8,16-17H2,(H2,26,28). The molecule has 6 heteroatoms. The van der Waals surface area contributed by atoms with Crippen LogP contribution in [-0.4, -0.2) is 18.4 Å². The van der Waals surface area contributed by atoms with Crippen LogP contribution >= 0.6 is 0 Å². The van der Waals surface area contributed by atoms with Gasteiger partial charge in [-0.2, -0.15) is 5.26 Å². The van der Waals surface area contributed by atoms with Crippen molar-refractivity contribution in [3.05, 3.63) is 54.6 Å². The molecule has 3 rings (SSSR count). The highest BCUT2D eigenvalue weighted by atomic mass is 16.5. The molecule has 1 aliphatic carbocycles. The first-order valence-electron chi connectivity index (χ1n) is 10.4. The van der Waals surface area contributed by atoms with E-state index in [1.807, 2.05) is 36.4 Å². The van der Waals surface area contributed by atoms with E-state index in [1.165, 1.54) is 11.3 Å². The normalized spacial score (nSPS) is 15.0. The smallest absolute Gasteiger partial charge is 0.240 e. The molecule has 2 N–H and O–H groups in total. The van der Waals surface area contributed by atoms with Crippen LogP contribution in [0.2, 0.25) is 0 Å². The minimum atomic E-state index is -0.915. The second-order valence-electron chi connectivity index (χ2n) is 7.69. The van der Waals surface area contributed by atoms with Crippen molar-refractivity contribution in [1.82, 2.24) is 0 Å². The molecule has 0 radical (unpaired) electrons. The second-order valence-corrected chi connectivity index (χ2v) is 7.69. The Bertz CT molecular complexity index is 884. The molecular weight excluding hydrogens is 378 g/mol. The SMILES string of the molecule is N#CCN(C(=O)C(CC1CCCCC1)C(N)=O)c1ccc(Oc2ccccc2)cc1. The summed E-state index contributed by atoms with van der Waals surface area (Å²) >= 11 is 0. The van der Waals surface area contributed by atoms with Crippen LogP contribution in [0.25, 0.3) is 0 Å². The summed E-state index contributed by atoms with van der Waals surface area (Å²) in [6, 6.07) is 18.3. The van der Waals surface area contributed by atoms with E-state index in [0.29, 0.717) is 29.5 Å². The molecular formula is C24H27N3O3. The number of amides is 2. The molecule has 2 aromatic carbocycles. The van der Waals surface area contributed by atoms with Gasteiger partial charge in [0.1, 0.15) is 24.0 Å². The average Bonchev–Trinajstić information content (AvgIpc) is 2.77. The van der Waals surface area contributed by atoms with Crippen LogP contribution in [0.4, 0.5) is 5.69 Å². The van der Waals surface area contributed by atoms with Crippen molar-refractivity contribution in [2.45, 2.75) is 38.5 Å². The molecule has 1 fully saturated rings. The van der Waals surface area contributed by atoms with E-state index >= 15 is 0 Å². The van der Waals surface area contributed by atoms with Gasteiger partial charge >= 0.3 is 0 Å². The van der Waals surface area contributed by atoms with E-state index in [4.69, 9.17) is 10.5 Å². The van der Waals surface area contributed by atoms with Gasteiger partial charge in [-0.25, -0.2) is 0 Å². The number of para-hydroxylation sites is 1. The summed E-state index contributed by atoms with van der Waals surface area (Å²) in [5.41, 5.74) is 6.13.